The maximum Gasteiger partial charge on any atom is 0.314 e. The minimum absolute atomic E-state index is 0.130. The number of nitrogens with one attached hydrogen (secondary N) is 2. The van der Waals surface area contributed by atoms with Gasteiger partial charge in [-0.15, -0.1) is 0 Å². The molecule has 0 heterocycles. The van der Waals surface area contributed by atoms with Crippen molar-refractivity contribution in [3.8, 4) is 0 Å². The van der Waals surface area contributed by atoms with E-state index < -0.39 is 11.4 Å². The second kappa shape index (κ2) is 4.94. The van der Waals surface area contributed by atoms with Crippen molar-refractivity contribution in [1.82, 2.24) is 10.6 Å². The Labute approximate surface area is 102 Å². The van der Waals surface area contributed by atoms with E-state index in [4.69, 9.17) is 5.11 Å². The van der Waals surface area contributed by atoms with Gasteiger partial charge in [0.05, 0.1) is 5.41 Å². The first-order valence-corrected chi connectivity index (χ1v) is 6.00. The quantitative estimate of drug-likeness (QED) is 0.685. The molecule has 0 atom stereocenters. The standard InChI is InChI=1S/C12H22N2O3/c1-11(2,9(15)16)7-13-10(17)14-8-12(3)5-4-6-12/h4-8H2,1-3H3,(H,15,16)(H2,13,14,17). The van der Waals surface area contributed by atoms with Crippen LogP contribution in [0.4, 0.5) is 4.79 Å². The van der Waals surface area contributed by atoms with E-state index in [0.29, 0.717) is 6.54 Å². The smallest absolute Gasteiger partial charge is 0.314 e. The highest BCUT2D eigenvalue weighted by atomic mass is 16.4. The van der Waals surface area contributed by atoms with Crippen LogP contribution in [-0.4, -0.2) is 30.2 Å². The Morgan fingerprint density at radius 1 is 1.29 bits per heavy atom. The highest BCUT2D eigenvalue weighted by molar-refractivity contribution is 5.77. The van der Waals surface area contributed by atoms with Crippen LogP contribution in [0.1, 0.15) is 40.0 Å². The zero-order valence-electron chi connectivity index (χ0n) is 10.8. The number of urea groups is 1. The van der Waals surface area contributed by atoms with E-state index in [1.807, 2.05) is 0 Å². The maximum atomic E-state index is 11.5. The van der Waals surface area contributed by atoms with Gasteiger partial charge in [-0.1, -0.05) is 13.3 Å². The number of carbonyl (C=O) groups excluding carboxylic acids is 1. The minimum atomic E-state index is -0.933. The third kappa shape index (κ3) is 3.91. The second-order valence-corrected chi connectivity index (χ2v) is 5.89. The van der Waals surface area contributed by atoms with Crippen molar-refractivity contribution in [2.75, 3.05) is 13.1 Å². The first-order chi connectivity index (χ1) is 7.75. The highest BCUT2D eigenvalue weighted by Crippen LogP contribution is 2.39. The van der Waals surface area contributed by atoms with Crippen LogP contribution in [0.3, 0.4) is 0 Å². The molecule has 0 saturated heterocycles. The summed E-state index contributed by atoms with van der Waals surface area (Å²) >= 11 is 0. The summed E-state index contributed by atoms with van der Waals surface area (Å²) < 4.78 is 0. The van der Waals surface area contributed by atoms with Crippen LogP contribution in [0.25, 0.3) is 0 Å². The van der Waals surface area contributed by atoms with Crippen molar-refractivity contribution < 1.29 is 14.7 Å². The fourth-order valence-electron chi connectivity index (χ4n) is 1.69. The first kappa shape index (κ1) is 13.8. The molecule has 1 saturated carbocycles. The topological polar surface area (TPSA) is 78.4 Å². The van der Waals surface area contributed by atoms with Crippen molar-refractivity contribution in [3.05, 3.63) is 0 Å². The molecular weight excluding hydrogens is 220 g/mol. The molecule has 0 aromatic rings. The Kier molecular flexibility index (Phi) is 4.01. The molecule has 3 N–H and O–H groups in total. The largest absolute Gasteiger partial charge is 0.481 e. The van der Waals surface area contributed by atoms with Crippen molar-refractivity contribution >= 4 is 12.0 Å². The second-order valence-electron chi connectivity index (χ2n) is 5.89. The molecule has 98 valence electrons. The molecule has 0 bridgehead atoms. The van der Waals surface area contributed by atoms with E-state index in [9.17, 15) is 9.59 Å². The van der Waals surface area contributed by atoms with Gasteiger partial charge in [-0.05, 0) is 32.1 Å². The Bertz CT molecular complexity index is 309. The molecule has 17 heavy (non-hydrogen) atoms. The van der Waals surface area contributed by atoms with E-state index in [2.05, 4.69) is 17.6 Å². The van der Waals surface area contributed by atoms with Gasteiger partial charge in [0.15, 0.2) is 0 Å². The molecule has 0 spiro atoms. The highest BCUT2D eigenvalue weighted by Gasteiger charge is 2.32. The maximum absolute atomic E-state index is 11.5. The van der Waals surface area contributed by atoms with Crippen molar-refractivity contribution in [2.45, 2.75) is 40.0 Å². The summed E-state index contributed by atoms with van der Waals surface area (Å²) in [6.45, 7) is 6.11. The third-order valence-electron chi connectivity index (χ3n) is 3.51. The van der Waals surface area contributed by atoms with Gasteiger partial charge >= 0.3 is 12.0 Å². The normalized spacial score (nSPS) is 18.1. The SMILES string of the molecule is CC1(CNC(=O)NCC(C)(C)C(=O)O)CCC1. The van der Waals surface area contributed by atoms with Gasteiger partial charge < -0.3 is 15.7 Å². The van der Waals surface area contributed by atoms with Gasteiger partial charge in [0.1, 0.15) is 0 Å². The number of hydrogen-bond acceptors (Lipinski definition) is 2. The number of carboxylic acids is 1. The lowest BCUT2D eigenvalue weighted by atomic mass is 9.70. The van der Waals surface area contributed by atoms with Crippen molar-refractivity contribution in [3.63, 3.8) is 0 Å². The fraction of sp³-hybridized carbons (Fsp3) is 0.833. The first-order valence-electron chi connectivity index (χ1n) is 6.00. The molecule has 1 fully saturated rings. The predicted molar refractivity (Wildman–Crippen MR) is 64.8 cm³/mol. The molecule has 0 aromatic carbocycles. The Balaban J connectivity index is 2.23. The Hall–Kier alpha value is -1.26. The molecular formula is C12H22N2O3. The van der Waals surface area contributed by atoms with Crippen LogP contribution >= 0.6 is 0 Å². The van der Waals surface area contributed by atoms with E-state index in [1.165, 1.54) is 6.42 Å². The lowest BCUT2D eigenvalue weighted by molar-refractivity contribution is -0.146. The lowest BCUT2D eigenvalue weighted by Crippen LogP contribution is -2.47. The number of carbonyl (C=O) groups is 2. The summed E-state index contributed by atoms with van der Waals surface area (Å²) in [4.78, 5) is 22.3. The summed E-state index contributed by atoms with van der Waals surface area (Å²) in [5.41, 5.74) is -0.697. The van der Waals surface area contributed by atoms with Crippen LogP contribution in [0.5, 0.6) is 0 Å². The number of amides is 2. The van der Waals surface area contributed by atoms with Crippen LogP contribution in [0.15, 0.2) is 0 Å². The van der Waals surface area contributed by atoms with Crippen molar-refractivity contribution in [2.24, 2.45) is 10.8 Å². The molecule has 5 nitrogen and oxygen atoms in total. The van der Waals surface area contributed by atoms with E-state index in [1.54, 1.807) is 13.8 Å². The molecule has 0 aliphatic heterocycles. The van der Waals surface area contributed by atoms with Gasteiger partial charge in [-0.3, -0.25) is 4.79 Å². The summed E-state index contributed by atoms with van der Waals surface area (Å²) in [5, 5.41) is 14.3. The number of hydrogen-bond donors (Lipinski definition) is 3. The molecule has 0 aromatic heterocycles. The molecule has 5 heteroatoms. The average Bonchev–Trinajstić information content (AvgIpc) is 2.20. The molecule has 0 unspecified atom stereocenters. The fourth-order valence-corrected chi connectivity index (χ4v) is 1.69. The van der Waals surface area contributed by atoms with Crippen molar-refractivity contribution in [1.29, 1.82) is 0 Å². The minimum Gasteiger partial charge on any atom is -0.481 e. The molecule has 0 radical (unpaired) electrons. The van der Waals surface area contributed by atoms with Gasteiger partial charge in [0, 0.05) is 13.1 Å². The monoisotopic (exact) mass is 242 g/mol. The van der Waals surface area contributed by atoms with Gasteiger partial charge in [-0.25, -0.2) is 4.79 Å². The predicted octanol–water partition coefficient (Wildman–Crippen LogP) is 1.59. The summed E-state index contributed by atoms with van der Waals surface area (Å²) in [6, 6.07) is -0.285. The number of aliphatic carboxylic acids is 1. The summed E-state index contributed by atoms with van der Waals surface area (Å²) in [5.74, 6) is -0.913. The molecule has 1 aliphatic carbocycles. The Morgan fingerprint density at radius 3 is 2.29 bits per heavy atom. The van der Waals surface area contributed by atoms with Gasteiger partial charge in [0.2, 0.25) is 0 Å². The number of carboxylic acid groups (broad SMARTS) is 1. The summed E-state index contributed by atoms with van der Waals surface area (Å²) in [7, 11) is 0. The van der Waals surface area contributed by atoms with Crippen LogP contribution in [0, 0.1) is 10.8 Å². The summed E-state index contributed by atoms with van der Waals surface area (Å²) in [6.07, 6.45) is 3.52. The van der Waals surface area contributed by atoms with Gasteiger partial charge in [0.25, 0.3) is 0 Å². The van der Waals surface area contributed by atoms with Crippen LogP contribution in [-0.2, 0) is 4.79 Å². The molecule has 1 aliphatic rings. The lowest BCUT2D eigenvalue weighted by Gasteiger charge is -2.38. The number of rotatable bonds is 5. The third-order valence-corrected chi connectivity index (χ3v) is 3.51. The van der Waals surface area contributed by atoms with Gasteiger partial charge in [-0.2, -0.15) is 0 Å². The zero-order valence-corrected chi connectivity index (χ0v) is 10.8. The van der Waals surface area contributed by atoms with Crippen LogP contribution in [0.2, 0.25) is 0 Å². The molecule has 2 amide bonds. The zero-order chi connectivity index (χ0) is 13.1. The van der Waals surface area contributed by atoms with E-state index in [0.717, 1.165) is 12.8 Å². The van der Waals surface area contributed by atoms with E-state index in [-0.39, 0.29) is 18.0 Å². The van der Waals surface area contributed by atoms with Crippen LogP contribution < -0.4 is 10.6 Å². The van der Waals surface area contributed by atoms with E-state index >= 15 is 0 Å². The Morgan fingerprint density at radius 2 is 1.88 bits per heavy atom. The molecule has 1 rings (SSSR count). The average molecular weight is 242 g/mol.